The Morgan fingerprint density at radius 1 is 0.625 bits per heavy atom. The number of rotatable bonds is 7. The first-order chi connectivity index (χ1) is 7.27. The number of hydrogen-bond acceptors (Lipinski definition) is 4. The van der Waals surface area contributed by atoms with Crippen LogP contribution in [0, 0.1) is 0 Å². The Morgan fingerprint density at radius 2 is 0.812 bits per heavy atom. The van der Waals surface area contributed by atoms with Gasteiger partial charge in [0.25, 0.3) is 0 Å². The monoisotopic (exact) mass is 358 g/mol. The summed E-state index contributed by atoms with van der Waals surface area (Å²) in [6.45, 7) is 5.50. The average molecular weight is 356 g/mol. The van der Waals surface area contributed by atoms with Crippen LogP contribution in [0.15, 0.2) is 0 Å². The molecule has 0 rings (SSSR count). The van der Waals surface area contributed by atoms with Gasteiger partial charge in [-0.25, -0.2) is 0 Å². The predicted molar refractivity (Wildman–Crippen MR) is 61.7 cm³/mol. The molecule has 0 heterocycles. The van der Waals surface area contributed by atoms with E-state index in [0.29, 0.717) is 0 Å². The van der Waals surface area contributed by atoms with Crippen molar-refractivity contribution >= 4 is 49.4 Å². The van der Waals surface area contributed by atoms with Crippen molar-refractivity contribution in [3.63, 3.8) is 0 Å². The predicted octanol–water partition coefficient (Wildman–Crippen LogP) is 0.243. The van der Waals surface area contributed by atoms with E-state index in [-0.39, 0.29) is 49.4 Å². The standard InChI is InChI=1S/C10H14O4Se2/c1-5(11)9(6(2)12)15-16-10(7(3)13)8(4)14/h9-10H,1-4H3. The Labute approximate surface area is 106 Å². The summed E-state index contributed by atoms with van der Waals surface area (Å²) in [5.74, 6) is -0.666. The summed E-state index contributed by atoms with van der Waals surface area (Å²) >= 11 is -0.515. The summed E-state index contributed by atoms with van der Waals surface area (Å²) in [5.41, 5.74) is 0. The molecule has 0 fully saturated rings. The van der Waals surface area contributed by atoms with Crippen molar-refractivity contribution in [1.82, 2.24) is 0 Å². The summed E-state index contributed by atoms with van der Waals surface area (Å²) in [6, 6.07) is 0. The molecule has 16 heavy (non-hydrogen) atoms. The second kappa shape index (κ2) is 7.12. The Balaban J connectivity index is 4.50. The molecular weight excluding hydrogens is 342 g/mol. The van der Waals surface area contributed by atoms with Gasteiger partial charge in [-0.2, -0.15) is 0 Å². The van der Waals surface area contributed by atoms with Crippen molar-refractivity contribution in [3.05, 3.63) is 0 Å². The topological polar surface area (TPSA) is 68.3 Å². The number of carbonyl (C=O) groups is 4. The van der Waals surface area contributed by atoms with E-state index in [2.05, 4.69) is 0 Å². The number of carbonyl (C=O) groups excluding carboxylic acids is 4. The van der Waals surface area contributed by atoms with Gasteiger partial charge < -0.3 is 0 Å². The second-order valence-electron chi connectivity index (χ2n) is 3.40. The molecule has 0 bridgehead atoms. The minimum absolute atomic E-state index is 0.166. The molecule has 0 unspecified atom stereocenters. The van der Waals surface area contributed by atoms with Crippen LogP contribution in [0.5, 0.6) is 0 Å². The molecule has 0 aromatic carbocycles. The summed E-state index contributed by atoms with van der Waals surface area (Å²) < 4.78 is 0. The molecule has 90 valence electrons. The summed E-state index contributed by atoms with van der Waals surface area (Å²) in [7, 11) is 0. The van der Waals surface area contributed by atoms with Gasteiger partial charge >= 0.3 is 106 Å². The van der Waals surface area contributed by atoms with Gasteiger partial charge in [-0.05, 0) is 0 Å². The van der Waals surface area contributed by atoms with Gasteiger partial charge in [0.1, 0.15) is 0 Å². The van der Waals surface area contributed by atoms with Crippen molar-refractivity contribution in [3.8, 4) is 0 Å². The molecule has 0 aromatic rings. The van der Waals surface area contributed by atoms with Gasteiger partial charge in [-0.1, -0.05) is 0 Å². The van der Waals surface area contributed by atoms with Crippen LogP contribution < -0.4 is 0 Å². The maximum atomic E-state index is 11.2. The third kappa shape index (κ3) is 5.17. The van der Waals surface area contributed by atoms with Crippen LogP contribution in [-0.4, -0.2) is 49.4 Å². The Morgan fingerprint density at radius 3 is 0.938 bits per heavy atom. The number of hydrogen-bond donors (Lipinski definition) is 0. The van der Waals surface area contributed by atoms with Crippen molar-refractivity contribution in [2.45, 2.75) is 37.3 Å². The third-order valence-electron chi connectivity index (χ3n) is 1.72. The van der Waals surface area contributed by atoms with Gasteiger partial charge in [0.2, 0.25) is 0 Å². The fraction of sp³-hybridized carbons (Fsp3) is 0.600. The Hall–Kier alpha value is -0.281. The van der Waals surface area contributed by atoms with Crippen molar-refractivity contribution < 1.29 is 19.2 Å². The van der Waals surface area contributed by atoms with E-state index in [0.717, 1.165) is 0 Å². The molecule has 0 atom stereocenters. The van der Waals surface area contributed by atoms with Crippen LogP contribution in [0.1, 0.15) is 27.7 Å². The maximum absolute atomic E-state index is 11.2. The summed E-state index contributed by atoms with van der Waals surface area (Å²) in [6.07, 6.45) is 0. The second-order valence-corrected chi connectivity index (χ2v) is 10.4. The van der Waals surface area contributed by atoms with Crippen molar-refractivity contribution in [2.24, 2.45) is 0 Å². The third-order valence-corrected chi connectivity index (χ3v) is 11.0. The first kappa shape index (κ1) is 15.7. The normalized spacial score (nSPS) is 10.6. The fourth-order valence-electron chi connectivity index (χ4n) is 0.955. The van der Waals surface area contributed by atoms with E-state index in [1.54, 1.807) is 0 Å². The molecule has 6 heteroatoms. The number of ketones is 4. The molecule has 4 nitrogen and oxygen atoms in total. The van der Waals surface area contributed by atoms with Gasteiger partial charge in [0.05, 0.1) is 0 Å². The van der Waals surface area contributed by atoms with E-state index in [9.17, 15) is 19.2 Å². The van der Waals surface area contributed by atoms with E-state index in [1.807, 2.05) is 0 Å². The SMILES string of the molecule is CC(=O)C([Se][Se]C(C(C)=O)C(C)=O)C(C)=O. The first-order valence-corrected chi connectivity index (χ1v) is 10.9. The summed E-state index contributed by atoms with van der Waals surface area (Å²) in [4.78, 5) is 43.5. The van der Waals surface area contributed by atoms with Crippen molar-refractivity contribution in [2.75, 3.05) is 0 Å². The van der Waals surface area contributed by atoms with Gasteiger partial charge in [0, 0.05) is 0 Å². The van der Waals surface area contributed by atoms with Crippen molar-refractivity contribution in [1.29, 1.82) is 0 Å². The van der Waals surface area contributed by atoms with Gasteiger partial charge in [0.15, 0.2) is 0 Å². The van der Waals surface area contributed by atoms with E-state index in [1.165, 1.54) is 27.7 Å². The summed E-state index contributed by atoms with van der Waals surface area (Å²) in [5, 5.41) is 0. The Kier molecular flexibility index (Phi) is 7.00. The van der Waals surface area contributed by atoms with Gasteiger partial charge in [-0.15, -0.1) is 0 Å². The minimum atomic E-state index is -0.589. The molecule has 0 saturated carbocycles. The van der Waals surface area contributed by atoms with E-state index in [4.69, 9.17) is 0 Å². The molecule has 0 amide bonds. The quantitative estimate of drug-likeness (QED) is 0.484. The zero-order valence-electron chi connectivity index (χ0n) is 9.60. The number of Topliss-reactive ketones (excluding diaryl/α,β-unsaturated/α-hetero) is 4. The van der Waals surface area contributed by atoms with Crippen LogP contribution in [0.2, 0.25) is 9.63 Å². The van der Waals surface area contributed by atoms with Crippen LogP contribution >= 0.6 is 0 Å². The zero-order valence-corrected chi connectivity index (χ0v) is 13.0. The molecule has 0 aliphatic heterocycles. The van der Waals surface area contributed by atoms with Crippen LogP contribution in [0.3, 0.4) is 0 Å². The molecule has 0 aromatic heterocycles. The van der Waals surface area contributed by atoms with Gasteiger partial charge in [-0.3, -0.25) is 0 Å². The molecule has 0 radical (unpaired) electrons. The van der Waals surface area contributed by atoms with Crippen LogP contribution in [-0.2, 0) is 19.2 Å². The van der Waals surface area contributed by atoms with Crippen LogP contribution in [0.25, 0.3) is 0 Å². The zero-order chi connectivity index (χ0) is 12.9. The van der Waals surface area contributed by atoms with Crippen LogP contribution in [0.4, 0.5) is 0 Å². The average Bonchev–Trinajstić information content (AvgIpc) is 2.09. The fourth-order valence-corrected chi connectivity index (χ4v) is 10.9. The molecule has 0 aliphatic carbocycles. The Bertz CT molecular complexity index is 265. The molecule has 0 aliphatic rings. The molecule has 0 N–H and O–H groups in total. The van der Waals surface area contributed by atoms with E-state index >= 15 is 0 Å². The molecule has 0 spiro atoms. The first-order valence-electron chi connectivity index (χ1n) is 4.61. The molecular formula is C10H14O4Se2. The molecule has 0 saturated heterocycles. The van der Waals surface area contributed by atoms with E-state index < -0.39 is 9.63 Å².